The molecule has 1 saturated carbocycles. The van der Waals surface area contributed by atoms with Crippen LogP contribution in [0.2, 0.25) is 0 Å². The van der Waals surface area contributed by atoms with Crippen LogP contribution in [-0.4, -0.2) is 36.6 Å². The molecule has 0 bridgehead atoms. The molecule has 0 spiro atoms. The minimum Gasteiger partial charge on any atom is -0.481 e. The zero-order valence-corrected chi connectivity index (χ0v) is 9.25. The first-order valence-corrected chi connectivity index (χ1v) is 5.45. The smallest absolute Gasteiger partial charge is 0.309 e. The Morgan fingerprint density at radius 1 is 1.36 bits per heavy atom. The van der Waals surface area contributed by atoms with Gasteiger partial charge in [-0.05, 0) is 46.3 Å². The van der Waals surface area contributed by atoms with E-state index in [4.69, 9.17) is 0 Å². The first-order valence-electron chi connectivity index (χ1n) is 5.45. The van der Waals surface area contributed by atoms with Crippen LogP contribution in [0.3, 0.4) is 0 Å². The van der Waals surface area contributed by atoms with E-state index < -0.39 is 5.97 Å². The number of carboxylic acid groups (broad SMARTS) is 1. The van der Waals surface area contributed by atoms with Gasteiger partial charge in [-0.3, -0.25) is 4.79 Å². The normalized spacial score (nSPS) is 20.2. The molecule has 0 unspecified atom stereocenters. The van der Waals surface area contributed by atoms with Crippen LogP contribution in [0, 0.1) is 5.41 Å². The second kappa shape index (κ2) is 4.78. The third kappa shape index (κ3) is 2.71. The molecule has 1 fully saturated rings. The van der Waals surface area contributed by atoms with Crippen molar-refractivity contribution in [2.45, 2.75) is 38.5 Å². The number of rotatable bonds is 5. The molecule has 0 saturated heterocycles. The number of carbonyl (C=O) groups is 1. The second-order valence-electron chi connectivity index (χ2n) is 4.70. The van der Waals surface area contributed by atoms with E-state index in [1.54, 1.807) is 0 Å². The zero-order valence-electron chi connectivity index (χ0n) is 9.25. The average molecular weight is 199 g/mol. The van der Waals surface area contributed by atoms with E-state index in [1.165, 1.54) is 0 Å². The molecule has 0 aromatic heterocycles. The minimum atomic E-state index is -0.575. The van der Waals surface area contributed by atoms with Gasteiger partial charge in [-0.1, -0.05) is 12.8 Å². The molecule has 0 aromatic rings. The summed E-state index contributed by atoms with van der Waals surface area (Å²) in [5.74, 6) is -0.575. The number of aliphatic carboxylic acids is 1. The number of carboxylic acids is 1. The summed E-state index contributed by atoms with van der Waals surface area (Å²) in [6.45, 7) is 0.995. The lowest BCUT2D eigenvalue weighted by Crippen LogP contribution is -2.28. The maximum Gasteiger partial charge on any atom is 0.309 e. The third-order valence-electron chi connectivity index (χ3n) is 3.27. The van der Waals surface area contributed by atoms with Crippen LogP contribution >= 0.6 is 0 Å². The van der Waals surface area contributed by atoms with E-state index in [0.717, 1.165) is 45.1 Å². The minimum absolute atomic E-state index is 0.379. The van der Waals surface area contributed by atoms with Crippen LogP contribution in [0.25, 0.3) is 0 Å². The van der Waals surface area contributed by atoms with Gasteiger partial charge in [-0.2, -0.15) is 0 Å². The Bertz CT molecular complexity index is 195. The SMILES string of the molecule is CN(C)CCCC1(C(=O)O)CCCC1. The van der Waals surface area contributed by atoms with Gasteiger partial charge in [0.2, 0.25) is 0 Å². The summed E-state index contributed by atoms with van der Waals surface area (Å²) >= 11 is 0. The molecule has 3 heteroatoms. The molecule has 3 nitrogen and oxygen atoms in total. The number of hydrogen-bond donors (Lipinski definition) is 1. The van der Waals surface area contributed by atoms with Gasteiger partial charge in [0.25, 0.3) is 0 Å². The van der Waals surface area contributed by atoms with Crippen LogP contribution in [-0.2, 0) is 4.79 Å². The van der Waals surface area contributed by atoms with Crippen LogP contribution in [0.5, 0.6) is 0 Å². The van der Waals surface area contributed by atoms with Gasteiger partial charge in [-0.25, -0.2) is 0 Å². The quantitative estimate of drug-likeness (QED) is 0.736. The fraction of sp³-hybridized carbons (Fsp3) is 0.909. The molecular formula is C11H21NO2. The first kappa shape index (κ1) is 11.5. The average Bonchev–Trinajstić information content (AvgIpc) is 2.53. The lowest BCUT2D eigenvalue weighted by molar-refractivity contribution is -0.149. The molecule has 1 aliphatic carbocycles. The highest BCUT2D eigenvalue weighted by atomic mass is 16.4. The van der Waals surface area contributed by atoms with Gasteiger partial charge >= 0.3 is 5.97 Å². The fourth-order valence-corrected chi connectivity index (χ4v) is 2.36. The van der Waals surface area contributed by atoms with Gasteiger partial charge in [0.15, 0.2) is 0 Å². The van der Waals surface area contributed by atoms with Gasteiger partial charge in [0.05, 0.1) is 5.41 Å². The van der Waals surface area contributed by atoms with Crippen molar-refractivity contribution in [1.82, 2.24) is 4.90 Å². The van der Waals surface area contributed by atoms with E-state index in [0.29, 0.717) is 0 Å². The predicted octanol–water partition coefficient (Wildman–Crippen LogP) is 1.97. The van der Waals surface area contributed by atoms with Crippen molar-refractivity contribution < 1.29 is 9.90 Å². The van der Waals surface area contributed by atoms with Gasteiger partial charge in [0, 0.05) is 0 Å². The maximum absolute atomic E-state index is 11.2. The standard InChI is InChI=1S/C11H21NO2/c1-12(2)9-5-8-11(10(13)14)6-3-4-7-11/h3-9H2,1-2H3,(H,13,14). The monoisotopic (exact) mass is 199 g/mol. The molecule has 0 aliphatic heterocycles. The van der Waals surface area contributed by atoms with Crippen LogP contribution < -0.4 is 0 Å². The van der Waals surface area contributed by atoms with Crippen molar-refractivity contribution in [3.63, 3.8) is 0 Å². The van der Waals surface area contributed by atoms with E-state index in [1.807, 2.05) is 14.1 Å². The van der Waals surface area contributed by atoms with E-state index >= 15 is 0 Å². The highest BCUT2D eigenvalue weighted by molar-refractivity contribution is 5.74. The molecule has 14 heavy (non-hydrogen) atoms. The Kier molecular flexibility index (Phi) is 3.93. The van der Waals surface area contributed by atoms with Crippen molar-refractivity contribution in [3.8, 4) is 0 Å². The van der Waals surface area contributed by atoms with E-state index in [2.05, 4.69) is 4.90 Å². The fourth-order valence-electron chi connectivity index (χ4n) is 2.36. The lowest BCUT2D eigenvalue weighted by atomic mass is 9.81. The summed E-state index contributed by atoms with van der Waals surface area (Å²) in [6, 6.07) is 0. The molecule has 82 valence electrons. The molecule has 0 atom stereocenters. The topological polar surface area (TPSA) is 40.5 Å². The van der Waals surface area contributed by atoms with Crippen LogP contribution in [0.1, 0.15) is 38.5 Å². The van der Waals surface area contributed by atoms with Crippen LogP contribution in [0.4, 0.5) is 0 Å². The van der Waals surface area contributed by atoms with Crippen molar-refractivity contribution in [3.05, 3.63) is 0 Å². The van der Waals surface area contributed by atoms with E-state index in [-0.39, 0.29) is 5.41 Å². The predicted molar refractivity (Wildman–Crippen MR) is 56.3 cm³/mol. The number of nitrogens with zero attached hydrogens (tertiary/aromatic N) is 1. The summed E-state index contributed by atoms with van der Waals surface area (Å²) in [4.78, 5) is 13.3. The first-order chi connectivity index (χ1) is 6.57. The lowest BCUT2D eigenvalue weighted by Gasteiger charge is -2.24. The molecular weight excluding hydrogens is 178 g/mol. The van der Waals surface area contributed by atoms with Gasteiger partial charge in [-0.15, -0.1) is 0 Å². The van der Waals surface area contributed by atoms with Crippen molar-refractivity contribution in [1.29, 1.82) is 0 Å². The third-order valence-corrected chi connectivity index (χ3v) is 3.27. The summed E-state index contributed by atoms with van der Waals surface area (Å²) < 4.78 is 0. The maximum atomic E-state index is 11.2. The van der Waals surface area contributed by atoms with Gasteiger partial charge in [0.1, 0.15) is 0 Å². The summed E-state index contributed by atoms with van der Waals surface area (Å²) in [5, 5.41) is 9.22. The Morgan fingerprint density at radius 2 is 1.93 bits per heavy atom. The molecule has 0 aromatic carbocycles. The molecule has 0 heterocycles. The van der Waals surface area contributed by atoms with Crippen LogP contribution in [0.15, 0.2) is 0 Å². The Labute approximate surface area is 86.1 Å². The Morgan fingerprint density at radius 3 is 2.36 bits per heavy atom. The summed E-state index contributed by atoms with van der Waals surface area (Å²) in [7, 11) is 4.06. The highest BCUT2D eigenvalue weighted by Crippen LogP contribution is 2.42. The Hall–Kier alpha value is -0.570. The molecule has 1 rings (SSSR count). The molecule has 0 amide bonds. The Balaban J connectivity index is 2.40. The van der Waals surface area contributed by atoms with E-state index in [9.17, 15) is 9.90 Å². The van der Waals surface area contributed by atoms with Gasteiger partial charge < -0.3 is 10.0 Å². The highest BCUT2D eigenvalue weighted by Gasteiger charge is 2.40. The largest absolute Gasteiger partial charge is 0.481 e. The summed E-state index contributed by atoms with van der Waals surface area (Å²) in [5.41, 5.74) is -0.379. The van der Waals surface area contributed by atoms with Crippen molar-refractivity contribution in [2.75, 3.05) is 20.6 Å². The van der Waals surface area contributed by atoms with Crippen molar-refractivity contribution >= 4 is 5.97 Å². The van der Waals surface area contributed by atoms with Crippen molar-refractivity contribution in [2.24, 2.45) is 5.41 Å². The second-order valence-corrected chi connectivity index (χ2v) is 4.70. The molecule has 1 aliphatic rings. The molecule has 0 radical (unpaired) electrons. The molecule has 1 N–H and O–H groups in total. The number of hydrogen-bond acceptors (Lipinski definition) is 2. The summed E-state index contributed by atoms with van der Waals surface area (Å²) in [6.07, 6.45) is 5.80. The zero-order chi connectivity index (χ0) is 10.6.